The molecule has 0 saturated carbocycles. The molecule has 37 heavy (non-hydrogen) atoms. The summed E-state index contributed by atoms with van der Waals surface area (Å²) in [4.78, 5) is 17.6. The Labute approximate surface area is 209 Å². The number of carbonyl (C=O) groups is 1. The van der Waals surface area contributed by atoms with Gasteiger partial charge in [0.1, 0.15) is 34.4 Å². The molecule has 0 aliphatic rings. The summed E-state index contributed by atoms with van der Waals surface area (Å²) in [6, 6.07) is 10.0. The zero-order valence-corrected chi connectivity index (χ0v) is 20.3. The first-order valence-electron chi connectivity index (χ1n) is 11.4. The highest BCUT2D eigenvalue weighted by atomic mass is 19.1. The van der Waals surface area contributed by atoms with Crippen LogP contribution in [0.5, 0.6) is 5.75 Å². The van der Waals surface area contributed by atoms with Crippen LogP contribution in [-0.2, 0) is 11.3 Å². The van der Waals surface area contributed by atoms with Crippen molar-refractivity contribution in [1.29, 1.82) is 0 Å². The van der Waals surface area contributed by atoms with Crippen molar-refractivity contribution >= 4 is 28.0 Å². The summed E-state index contributed by atoms with van der Waals surface area (Å²) >= 11 is 0. The van der Waals surface area contributed by atoms with Crippen LogP contribution in [0.15, 0.2) is 48.7 Å². The van der Waals surface area contributed by atoms with Crippen LogP contribution in [0.2, 0.25) is 0 Å². The number of nitrogens with zero attached hydrogens (tertiary/aromatic N) is 3. The van der Waals surface area contributed by atoms with E-state index in [4.69, 9.17) is 15.2 Å². The first-order valence-corrected chi connectivity index (χ1v) is 11.4. The smallest absolute Gasteiger partial charge is 0.209 e. The number of nitrogen functional groups attached to an aromatic ring is 1. The number of rotatable bonds is 7. The molecule has 0 bridgehead atoms. The van der Waals surface area contributed by atoms with Crippen LogP contribution in [0.3, 0.4) is 0 Å². The van der Waals surface area contributed by atoms with Gasteiger partial charge in [0.2, 0.25) is 5.78 Å². The molecule has 0 atom stereocenters. The van der Waals surface area contributed by atoms with Crippen molar-refractivity contribution in [2.45, 2.75) is 13.5 Å². The van der Waals surface area contributed by atoms with Crippen LogP contribution in [0.1, 0.15) is 21.9 Å². The fraction of sp³-hybridized carbons (Fsp3) is 0.185. The number of imidazole rings is 1. The molecule has 3 heterocycles. The van der Waals surface area contributed by atoms with Crippen LogP contribution in [0, 0.1) is 24.4 Å². The van der Waals surface area contributed by atoms with Gasteiger partial charge in [0, 0.05) is 37.0 Å². The number of ether oxygens (including phenoxy) is 2. The molecular formula is C27H23F3N4O3. The first-order chi connectivity index (χ1) is 17.8. The number of methoxy groups -OCH3 is 2. The topological polar surface area (TPSA) is 83.8 Å². The minimum Gasteiger partial charge on any atom is -0.496 e. The molecule has 0 unspecified atom stereocenters. The number of carbonyl (C=O) groups excluding carboxylic acids is 1. The Bertz CT molecular complexity index is 1670. The van der Waals surface area contributed by atoms with Gasteiger partial charge in [0.25, 0.3) is 0 Å². The van der Waals surface area contributed by atoms with Crippen molar-refractivity contribution < 1.29 is 27.4 Å². The number of aryl methyl sites for hydroxylation is 1. The number of pyridine rings is 1. The van der Waals surface area contributed by atoms with E-state index in [0.29, 0.717) is 35.6 Å². The van der Waals surface area contributed by atoms with Crippen molar-refractivity contribution in [3.8, 4) is 16.9 Å². The minimum atomic E-state index is -1.02. The van der Waals surface area contributed by atoms with Gasteiger partial charge >= 0.3 is 0 Å². The second kappa shape index (κ2) is 9.29. The highest BCUT2D eigenvalue weighted by Gasteiger charge is 2.24. The number of hydrogen-bond donors (Lipinski definition) is 1. The lowest BCUT2D eigenvalue weighted by Crippen LogP contribution is -2.08. The zero-order valence-electron chi connectivity index (χ0n) is 20.3. The molecular weight excluding hydrogens is 485 g/mol. The van der Waals surface area contributed by atoms with E-state index in [1.54, 1.807) is 44.5 Å². The van der Waals surface area contributed by atoms with E-state index in [0.717, 1.165) is 12.1 Å². The van der Waals surface area contributed by atoms with Gasteiger partial charge in [-0.1, -0.05) is 6.07 Å². The maximum Gasteiger partial charge on any atom is 0.209 e. The van der Waals surface area contributed by atoms with Gasteiger partial charge in [-0.2, -0.15) is 0 Å². The second-order valence-corrected chi connectivity index (χ2v) is 8.52. The van der Waals surface area contributed by atoms with Crippen molar-refractivity contribution in [3.63, 3.8) is 0 Å². The predicted molar refractivity (Wildman–Crippen MR) is 133 cm³/mol. The lowest BCUT2D eigenvalue weighted by molar-refractivity contribution is 0.103. The highest BCUT2D eigenvalue weighted by molar-refractivity contribution is 6.09. The fourth-order valence-corrected chi connectivity index (χ4v) is 4.59. The monoisotopic (exact) mass is 508 g/mol. The standard InChI is InChI=1S/C27H23F3N4O3/c1-14-32-26-21(33(14)9-10-36-2)13-22(37-3)23(24(26)30)16-5-4-8-34-19(16)6-7-20(34)27(35)15-11-17(28)25(31)18(29)12-15/h4-8,11-13H,9-10,31H2,1-3H3. The maximum absolute atomic E-state index is 16.0. The molecule has 0 saturated heterocycles. The molecule has 190 valence electrons. The van der Waals surface area contributed by atoms with E-state index in [1.807, 2.05) is 4.57 Å². The number of nitrogens with two attached hydrogens (primary N) is 1. The molecule has 7 nitrogen and oxygen atoms in total. The van der Waals surface area contributed by atoms with Crippen LogP contribution in [0.4, 0.5) is 18.9 Å². The normalized spacial score (nSPS) is 11.5. The fourth-order valence-electron chi connectivity index (χ4n) is 4.59. The molecule has 0 aliphatic heterocycles. The maximum atomic E-state index is 16.0. The average molecular weight is 509 g/mol. The predicted octanol–water partition coefficient (Wildman–Crippen LogP) is 5.15. The summed E-state index contributed by atoms with van der Waals surface area (Å²) in [5, 5.41) is 0. The molecule has 5 aromatic rings. The summed E-state index contributed by atoms with van der Waals surface area (Å²) in [6.45, 7) is 2.71. The van der Waals surface area contributed by atoms with Gasteiger partial charge in [0.15, 0.2) is 5.82 Å². The lowest BCUT2D eigenvalue weighted by atomic mass is 10.0. The molecule has 10 heteroatoms. The Kier molecular flexibility index (Phi) is 6.12. The highest BCUT2D eigenvalue weighted by Crippen LogP contribution is 2.40. The minimum absolute atomic E-state index is 0.139. The lowest BCUT2D eigenvalue weighted by Gasteiger charge is -2.14. The van der Waals surface area contributed by atoms with E-state index in [9.17, 15) is 13.6 Å². The van der Waals surface area contributed by atoms with Crippen LogP contribution in [-0.4, -0.2) is 40.6 Å². The molecule has 5 rings (SSSR count). The van der Waals surface area contributed by atoms with E-state index in [1.165, 1.54) is 17.6 Å². The zero-order chi connectivity index (χ0) is 26.4. The van der Waals surface area contributed by atoms with E-state index in [-0.39, 0.29) is 28.1 Å². The summed E-state index contributed by atoms with van der Waals surface area (Å²) in [6.07, 6.45) is 1.61. The second-order valence-electron chi connectivity index (χ2n) is 8.52. The summed E-state index contributed by atoms with van der Waals surface area (Å²) in [5.41, 5.74) is 6.50. The van der Waals surface area contributed by atoms with Gasteiger partial charge in [0.05, 0.1) is 36.0 Å². The molecule has 0 fully saturated rings. The van der Waals surface area contributed by atoms with Gasteiger partial charge in [-0.15, -0.1) is 0 Å². The van der Waals surface area contributed by atoms with Crippen LogP contribution >= 0.6 is 0 Å². The Morgan fingerprint density at radius 3 is 2.46 bits per heavy atom. The number of anilines is 1. The van der Waals surface area contributed by atoms with Gasteiger partial charge < -0.3 is 24.2 Å². The number of fused-ring (bicyclic) bond motifs is 2. The quantitative estimate of drug-likeness (QED) is 0.243. The molecule has 2 N–H and O–H groups in total. The Hall–Kier alpha value is -4.31. The van der Waals surface area contributed by atoms with E-state index >= 15 is 4.39 Å². The van der Waals surface area contributed by atoms with Crippen molar-refractivity contribution in [3.05, 3.63) is 83.2 Å². The third-order valence-corrected chi connectivity index (χ3v) is 6.41. The third-order valence-electron chi connectivity index (χ3n) is 6.41. The van der Waals surface area contributed by atoms with Gasteiger partial charge in [-0.3, -0.25) is 4.79 Å². The summed E-state index contributed by atoms with van der Waals surface area (Å²) < 4.78 is 58.2. The van der Waals surface area contributed by atoms with E-state index < -0.39 is 28.9 Å². The third kappa shape index (κ3) is 3.89. The average Bonchev–Trinajstić information content (AvgIpc) is 3.46. The van der Waals surface area contributed by atoms with Gasteiger partial charge in [-0.25, -0.2) is 18.2 Å². The Balaban J connectivity index is 1.68. The summed E-state index contributed by atoms with van der Waals surface area (Å²) in [5.74, 6) is -2.32. The Morgan fingerprint density at radius 2 is 1.78 bits per heavy atom. The first kappa shape index (κ1) is 24.4. The molecule has 0 aliphatic carbocycles. The molecule has 2 aromatic carbocycles. The van der Waals surface area contributed by atoms with Crippen molar-refractivity contribution in [1.82, 2.24) is 14.0 Å². The SMILES string of the molecule is COCCn1c(C)nc2c(F)c(-c3cccn4c(C(=O)c5cc(F)c(N)c(F)c5)ccc34)c(OC)cc21. The van der Waals surface area contributed by atoms with Crippen molar-refractivity contribution in [2.75, 3.05) is 26.6 Å². The molecule has 3 aromatic heterocycles. The van der Waals surface area contributed by atoms with Crippen LogP contribution in [0.25, 0.3) is 27.7 Å². The van der Waals surface area contributed by atoms with Crippen LogP contribution < -0.4 is 10.5 Å². The van der Waals surface area contributed by atoms with Gasteiger partial charge in [-0.05, 0) is 37.3 Å². The molecule has 0 radical (unpaired) electrons. The van der Waals surface area contributed by atoms with E-state index in [2.05, 4.69) is 4.98 Å². The van der Waals surface area contributed by atoms with Crippen molar-refractivity contribution in [2.24, 2.45) is 0 Å². The number of aromatic nitrogens is 3. The number of ketones is 1. The largest absolute Gasteiger partial charge is 0.496 e. The Morgan fingerprint density at radius 1 is 1.05 bits per heavy atom. The molecule has 0 amide bonds. The number of benzene rings is 2. The summed E-state index contributed by atoms with van der Waals surface area (Å²) in [7, 11) is 3.04. The number of halogens is 3. The molecule has 0 spiro atoms. The number of hydrogen-bond acceptors (Lipinski definition) is 5.